The van der Waals surface area contributed by atoms with Crippen LogP contribution in [0, 0.1) is 0 Å². The highest BCUT2D eigenvalue weighted by molar-refractivity contribution is 7.90. The number of esters is 2. The van der Waals surface area contributed by atoms with Gasteiger partial charge in [0.05, 0.1) is 31.8 Å². The minimum Gasteiger partial charge on any atom is -0.465 e. The second-order valence-corrected chi connectivity index (χ2v) is 10.9. The predicted molar refractivity (Wildman–Crippen MR) is 163 cm³/mol. The second-order valence-electron chi connectivity index (χ2n) is 6.82. The van der Waals surface area contributed by atoms with Crippen molar-refractivity contribution in [1.82, 2.24) is 0 Å². The monoisotopic (exact) mass is 702 g/mol. The standard InChI is InChI=1S/C8H8N4O3S.C7H13N2O5P.C4H7O3P.2C2H6O/c1-6(13)10-7-2-4-8(5-3-7)16(14,15)12-11-9;1-4-13-15(11,14-5-2)6(9-8)7(10)12-3;1-2-7-4(5)3-8-6;2*1-2-3/h2-5H,1H3,(H,10,13);4-5H2,1-3H3;2-3H2,1H3;2*3H,2H2,1H3. The Balaban J connectivity index is -0.000000267. The molecule has 0 atom stereocenters. The Morgan fingerprint density at radius 3 is 1.76 bits per heavy atom. The molecule has 0 spiro atoms. The van der Waals surface area contributed by atoms with Crippen molar-refractivity contribution in [3.05, 3.63) is 40.2 Å². The van der Waals surface area contributed by atoms with E-state index in [0.29, 0.717) is 12.3 Å². The molecule has 0 bridgehead atoms. The predicted octanol–water partition coefficient (Wildman–Crippen LogP) is 3.54. The Morgan fingerprint density at radius 2 is 1.44 bits per heavy atom. The fourth-order valence-corrected chi connectivity index (χ4v) is 4.36. The van der Waals surface area contributed by atoms with E-state index < -0.39 is 35.0 Å². The summed E-state index contributed by atoms with van der Waals surface area (Å²) in [6.07, 6.45) is -0.0339. The molecule has 0 fully saturated rings. The number of azide groups is 1. The van der Waals surface area contributed by atoms with Gasteiger partial charge in [-0.3, -0.25) is 14.2 Å². The van der Waals surface area contributed by atoms with Crippen molar-refractivity contribution >= 4 is 55.1 Å². The maximum Gasteiger partial charge on any atom is 0.484 e. The van der Waals surface area contributed by atoms with E-state index in [1.165, 1.54) is 31.2 Å². The van der Waals surface area contributed by atoms with Gasteiger partial charge in [0.15, 0.2) is 8.46 Å². The van der Waals surface area contributed by atoms with E-state index >= 15 is 0 Å². The number of amides is 1. The number of benzene rings is 1. The third kappa shape index (κ3) is 25.5. The van der Waals surface area contributed by atoms with E-state index in [1.54, 1.807) is 34.6 Å². The zero-order valence-corrected chi connectivity index (χ0v) is 28.6. The van der Waals surface area contributed by atoms with Crippen LogP contribution in [0.15, 0.2) is 33.7 Å². The van der Waals surface area contributed by atoms with Gasteiger partial charge in [-0.2, -0.15) is 0 Å². The van der Waals surface area contributed by atoms with Crippen LogP contribution in [-0.2, 0) is 52.1 Å². The summed E-state index contributed by atoms with van der Waals surface area (Å²) in [6.45, 7) is 10.5. The second kappa shape index (κ2) is 30.5. The van der Waals surface area contributed by atoms with Crippen molar-refractivity contribution in [3.63, 3.8) is 0 Å². The fraction of sp³-hybridized carbons (Fsp3) is 0.565. The van der Waals surface area contributed by atoms with Crippen LogP contribution in [0.1, 0.15) is 41.5 Å². The van der Waals surface area contributed by atoms with Gasteiger partial charge in [0.25, 0.3) is 10.0 Å². The van der Waals surface area contributed by atoms with Gasteiger partial charge >= 0.3 is 25.0 Å². The van der Waals surface area contributed by atoms with Gasteiger partial charge < -0.3 is 39.6 Å². The minimum atomic E-state index is -3.96. The molecule has 256 valence electrons. The van der Waals surface area contributed by atoms with Crippen LogP contribution in [0.2, 0.25) is 0 Å². The molecule has 19 nitrogen and oxygen atoms in total. The first kappa shape index (κ1) is 48.3. The highest BCUT2D eigenvalue weighted by atomic mass is 32.2. The van der Waals surface area contributed by atoms with E-state index in [0.717, 1.165) is 7.11 Å². The van der Waals surface area contributed by atoms with Gasteiger partial charge in [-0.05, 0) is 64.4 Å². The number of ether oxygens (including phenoxy) is 2. The van der Waals surface area contributed by atoms with Gasteiger partial charge in [0, 0.05) is 35.3 Å². The molecular weight excluding hydrogens is 662 g/mol. The van der Waals surface area contributed by atoms with Crippen LogP contribution >= 0.6 is 16.1 Å². The first-order valence-electron chi connectivity index (χ1n) is 12.7. The lowest BCUT2D eigenvalue weighted by atomic mass is 10.3. The average molecular weight is 703 g/mol. The van der Waals surface area contributed by atoms with Crippen LogP contribution < -0.4 is 5.32 Å². The number of sulfonamides is 1. The van der Waals surface area contributed by atoms with Crippen LogP contribution in [0.25, 0.3) is 16.0 Å². The van der Waals surface area contributed by atoms with E-state index in [4.69, 9.17) is 30.3 Å². The first-order chi connectivity index (χ1) is 21.1. The highest BCUT2D eigenvalue weighted by Gasteiger charge is 2.46. The molecule has 1 amide bonds. The van der Waals surface area contributed by atoms with Gasteiger partial charge in [-0.1, -0.05) is 0 Å². The van der Waals surface area contributed by atoms with Gasteiger partial charge in [-0.15, -0.1) is 4.79 Å². The van der Waals surface area contributed by atoms with E-state index in [-0.39, 0.29) is 51.9 Å². The van der Waals surface area contributed by atoms with Crippen molar-refractivity contribution in [2.75, 3.05) is 51.6 Å². The number of anilines is 1. The van der Waals surface area contributed by atoms with E-state index in [2.05, 4.69) is 29.0 Å². The molecule has 0 aliphatic carbocycles. The highest BCUT2D eigenvalue weighted by Crippen LogP contribution is 2.49. The normalized spacial score (nSPS) is 9.62. The molecule has 0 saturated carbocycles. The van der Waals surface area contributed by atoms with Crippen LogP contribution in [0.3, 0.4) is 0 Å². The molecule has 0 unspecified atom stereocenters. The fourth-order valence-electron chi connectivity index (χ4n) is 2.07. The number of aliphatic hydroxyl groups excluding tert-OH is 2. The summed E-state index contributed by atoms with van der Waals surface area (Å²) in [5.41, 5.74) is 16.3. The Hall–Kier alpha value is -3.56. The minimum absolute atomic E-state index is 0.0339. The maximum atomic E-state index is 11.9. The Morgan fingerprint density at radius 1 is 0.978 bits per heavy atom. The van der Waals surface area contributed by atoms with Crippen LogP contribution in [0.5, 0.6) is 0 Å². The number of aliphatic hydroxyl groups is 2. The Labute approximate surface area is 263 Å². The number of nitrogens with one attached hydrogen (secondary N) is 1. The number of hydrogen-bond acceptors (Lipinski definition) is 13. The molecular formula is C23H40N6O13P2S. The number of carbonyl (C=O) groups excluding carboxylic acids is 3. The maximum absolute atomic E-state index is 11.9. The number of carbonyl (C=O) groups is 3. The topological polar surface area (TPSA) is 294 Å². The molecule has 22 heteroatoms. The molecule has 1 aromatic rings. The number of methoxy groups -OCH3 is 1. The molecule has 0 saturated heterocycles. The lowest BCUT2D eigenvalue weighted by Crippen LogP contribution is -2.20. The third-order valence-electron chi connectivity index (χ3n) is 3.44. The summed E-state index contributed by atoms with van der Waals surface area (Å²) in [5, 5.41) is 17.6. The third-order valence-corrected chi connectivity index (χ3v) is 6.97. The number of hydrogen-bond donors (Lipinski definition) is 3. The summed E-state index contributed by atoms with van der Waals surface area (Å²) < 4.78 is 65.1. The van der Waals surface area contributed by atoms with Crippen LogP contribution in [-0.4, -0.2) is 93.0 Å². The van der Waals surface area contributed by atoms with Gasteiger partial charge in [-0.25, -0.2) is 17.8 Å². The average Bonchev–Trinajstić information content (AvgIpc) is 2.95. The SMILES string of the molecule is CC(=O)Nc1ccc(S(=O)(=O)N=[N+]=[N-])cc1.CCO.CCO.CCOC(=O)CP=O.CCOP(=O)(OCC)C(=[N+]=[N-])C(=O)OC. The lowest BCUT2D eigenvalue weighted by molar-refractivity contribution is -0.140. The lowest BCUT2D eigenvalue weighted by Gasteiger charge is -2.10. The largest absolute Gasteiger partial charge is 0.484 e. The molecule has 45 heavy (non-hydrogen) atoms. The summed E-state index contributed by atoms with van der Waals surface area (Å²) in [4.78, 5) is 36.7. The van der Waals surface area contributed by atoms with Gasteiger partial charge in [0.2, 0.25) is 5.91 Å². The molecule has 1 rings (SSSR count). The van der Waals surface area contributed by atoms with Gasteiger partial charge in [0.1, 0.15) is 6.16 Å². The van der Waals surface area contributed by atoms with E-state index in [1.807, 2.05) is 0 Å². The summed E-state index contributed by atoms with van der Waals surface area (Å²) in [5.74, 6) is -1.72. The smallest absolute Gasteiger partial charge is 0.465 e. The Kier molecular flexibility index (Phi) is 32.7. The molecule has 0 heterocycles. The van der Waals surface area contributed by atoms with Crippen LogP contribution in [0.4, 0.5) is 5.69 Å². The first-order valence-corrected chi connectivity index (χ1v) is 16.7. The quantitative estimate of drug-likeness (QED) is 0.0702. The molecule has 0 aliphatic rings. The van der Waals surface area contributed by atoms with Crippen molar-refractivity contribution < 1.29 is 65.5 Å². The van der Waals surface area contributed by atoms with Crippen molar-refractivity contribution in [2.45, 2.75) is 46.4 Å². The number of nitrogens with zero attached hydrogens (tertiary/aromatic N) is 5. The zero-order chi connectivity index (χ0) is 35.9. The summed E-state index contributed by atoms with van der Waals surface area (Å²) in [6, 6.07) is 5.30. The Bertz CT molecular complexity index is 1260. The molecule has 0 aliphatic heterocycles. The van der Waals surface area contributed by atoms with Crippen molar-refractivity contribution in [2.24, 2.45) is 4.52 Å². The zero-order valence-electron chi connectivity index (χ0n) is 26.0. The molecule has 1 aromatic carbocycles. The van der Waals surface area contributed by atoms with E-state index in [9.17, 15) is 31.9 Å². The summed E-state index contributed by atoms with van der Waals surface area (Å²) in [7, 11) is -6.95. The van der Waals surface area contributed by atoms with Crippen molar-refractivity contribution in [1.29, 1.82) is 0 Å². The summed E-state index contributed by atoms with van der Waals surface area (Å²) >= 11 is 0. The molecule has 0 aromatic heterocycles. The molecule has 0 radical (unpaired) electrons. The number of rotatable bonds is 12. The molecule has 3 N–H and O–H groups in total. The van der Waals surface area contributed by atoms with Crippen molar-refractivity contribution in [3.8, 4) is 0 Å².